The number of nitrogens with one attached hydrogen (secondary N) is 1. The number of ether oxygens (including phenoxy) is 1. The van der Waals surface area contributed by atoms with Gasteiger partial charge in [-0.25, -0.2) is 18.1 Å². The first-order valence-corrected chi connectivity index (χ1v) is 18.6. The average Bonchev–Trinajstić information content (AvgIpc) is 3.23. The lowest BCUT2D eigenvalue weighted by molar-refractivity contribution is 0.0741. The van der Waals surface area contributed by atoms with E-state index >= 15 is 0 Å². The number of sulfonamides is 1. The predicted molar refractivity (Wildman–Crippen MR) is 146 cm³/mol. The maximum Gasteiger partial charge on any atom is 0.258 e. The number of anilines is 1. The number of amides is 1. The smallest absolute Gasteiger partial charge is 0.258 e. The summed E-state index contributed by atoms with van der Waals surface area (Å²) in [6, 6.07) is 3.47. The molecule has 200 valence electrons. The topological polar surface area (TPSA) is 96.8 Å². The molecule has 3 heterocycles. The normalized spacial score (nSPS) is 21.3. The summed E-state index contributed by atoms with van der Waals surface area (Å²) in [6.45, 7) is 11.9. The van der Waals surface area contributed by atoms with Gasteiger partial charge in [0.25, 0.3) is 5.91 Å². The molecule has 11 heteroatoms. The molecule has 36 heavy (non-hydrogen) atoms. The SMILES string of the molecule is CCN1CN(C2CCC(CNS(C)(=O)=O)CC2)c2c(cnc3c2ccn3COCC[Si](C)(C)C)C1=O. The summed E-state index contributed by atoms with van der Waals surface area (Å²) >= 11 is 0. The Kier molecular flexibility index (Phi) is 8.13. The second-order valence-electron chi connectivity index (χ2n) is 11.5. The quantitative estimate of drug-likeness (QED) is 0.368. The van der Waals surface area contributed by atoms with Crippen molar-refractivity contribution < 1.29 is 17.9 Å². The molecule has 0 saturated heterocycles. The van der Waals surface area contributed by atoms with E-state index in [1.165, 1.54) is 6.26 Å². The van der Waals surface area contributed by atoms with E-state index in [1.54, 1.807) is 6.20 Å². The summed E-state index contributed by atoms with van der Waals surface area (Å²) in [5.41, 5.74) is 2.48. The second kappa shape index (κ2) is 10.8. The van der Waals surface area contributed by atoms with Crippen LogP contribution in [0.3, 0.4) is 0 Å². The van der Waals surface area contributed by atoms with Gasteiger partial charge in [0.1, 0.15) is 12.4 Å². The molecule has 0 aromatic carbocycles. The van der Waals surface area contributed by atoms with E-state index in [2.05, 4.69) is 35.3 Å². The Labute approximate surface area is 216 Å². The minimum atomic E-state index is -3.17. The van der Waals surface area contributed by atoms with E-state index in [0.29, 0.717) is 44.0 Å². The van der Waals surface area contributed by atoms with Crippen molar-refractivity contribution in [1.29, 1.82) is 0 Å². The van der Waals surface area contributed by atoms with Gasteiger partial charge in [0, 0.05) is 51.6 Å². The number of fused-ring (bicyclic) bond motifs is 3. The third kappa shape index (κ3) is 6.30. The van der Waals surface area contributed by atoms with Crippen LogP contribution in [0.4, 0.5) is 5.69 Å². The van der Waals surface area contributed by atoms with Crippen molar-refractivity contribution in [2.45, 2.75) is 71.1 Å². The van der Waals surface area contributed by atoms with Crippen LogP contribution in [0.1, 0.15) is 43.0 Å². The predicted octanol–water partition coefficient (Wildman–Crippen LogP) is 3.70. The number of hydrogen-bond donors (Lipinski definition) is 1. The van der Waals surface area contributed by atoms with Gasteiger partial charge in [-0.2, -0.15) is 0 Å². The standard InChI is InChI=1S/C25H41N5O4SSi/c1-6-28-17-30(20-9-7-19(8-10-20)15-27-35(2,32)33)23-21-11-12-29(18-34-13-14-36(3,4)5)24(21)26-16-22(23)25(28)31/h11-12,16,19-20,27H,6-10,13-15,17-18H2,1-5H3. The lowest BCUT2D eigenvalue weighted by Gasteiger charge is -2.44. The molecule has 1 amide bonds. The van der Waals surface area contributed by atoms with Crippen molar-refractivity contribution in [2.75, 3.05) is 37.5 Å². The zero-order valence-corrected chi connectivity index (χ0v) is 24.1. The maximum atomic E-state index is 13.2. The van der Waals surface area contributed by atoms with Gasteiger partial charge in [-0.1, -0.05) is 19.6 Å². The number of carbonyl (C=O) groups excluding carboxylic acids is 1. The average molecular weight is 536 g/mol. The summed E-state index contributed by atoms with van der Waals surface area (Å²) in [7, 11) is -4.33. The fraction of sp³-hybridized carbons (Fsp3) is 0.680. The van der Waals surface area contributed by atoms with E-state index in [-0.39, 0.29) is 5.91 Å². The van der Waals surface area contributed by atoms with E-state index < -0.39 is 18.1 Å². The molecule has 2 aromatic heterocycles. The minimum absolute atomic E-state index is 0.0309. The van der Waals surface area contributed by atoms with Gasteiger partial charge < -0.3 is 19.1 Å². The molecule has 1 aliphatic heterocycles. The fourth-order valence-corrected chi connectivity index (χ4v) is 6.49. The second-order valence-corrected chi connectivity index (χ2v) is 18.9. The molecule has 9 nitrogen and oxygen atoms in total. The van der Waals surface area contributed by atoms with Crippen LogP contribution >= 0.6 is 0 Å². The molecule has 0 bridgehead atoms. The molecule has 0 spiro atoms. The fourth-order valence-electron chi connectivity index (χ4n) is 5.20. The molecule has 1 fully saturated rings. The first-order valence-electron chi connectivity index (χ1n) is 13.0. The zero-order valence-electron chi connectivity index (χ0n) is 22.3. The highest BCUT2D eigenvalue weighted by Crippen LogP contribution is 2.39. The maximum absolute atomic E-state index is 13.2. The van der Waals surface area contributed by atoms with Gasteiger partial charge >= 0.3 is 0 Å². The highest BCUT2D eigenvalue weighted by molar-refractivity contribution is 7.88. The van der Waals surface area contributed by atoms with Crippen molar-refractivity contribution in [3.05, 3.63) is 24.0 Å². The minimum Gasteiger partial charge on any atom is -0.361 e. The highest BCUT2D eigenvalue weighted by Gasteiger charge is 2.36. The largest absolute Gasteiger partial charge is 0.361 e. The Bertz CT molecular complexity index is 1190. The summed E-state index contributed by atoms with van der Waals surface area (Å²) in [5.74, 6) is 0.374. The lowest BCUT2D eigenvalue weighted by Crippen LogP contribution is -2.52. The van der Waals surface area contributed by atoms with Crippen molar-refractivity contribution in [2.24, 2.45) is 5.92 Å². The van der Waals surface area contributed by atoms with E-state index in [1.807, 2.05) is 22.6 Å². The first-order chi connectivity index (χ1) is 17.0. The van der Waals surface area contributed by atoms with Crippen LogP contribution in [0.5, 0.6) is 0 Å². The van der Waals surface area contributed by atoms with Gasteiger partial charge in [0.05, 0.1) is 24.2 Å². The highest BCUT2D eigenvalue weighted by atomic mass is 32.2. The van der Waals surface area contributed by atoms with Gasteiger partial charge in [-0.3, -0.25) is 4.79 Å². The van der Waals surface area contributed by atoms with Gasteiger partial charge in [-0.15, -0.1) is 0 Å². The van der Waals surface area contributed by atoms with Crippen molar-refractivity contribution >= 4 is 40.7 Å². The van der Waals surface area contributed by atoms with Crippen LogP contribution in [-0.4, -0.2) is 75.5 Å². The number of aromatic nitrogens is 2. The molecular weight excluding hydrogens is 494 g/mol. The van der Waals surface area contributed by atoms with Crippen molar-refractivity contribution in [1.82, 2.24) is 19.2 Å². The van der Waals surface area contributed by atoms with Crippen LogP contribution in [0.25, 0.3) is 11.0 Å². The molecule has 0 unspecified atom stereocenters. The number of carbonyl (C=O) groups is 1. The summed E-state index contributed by atoms with van der Waals surface area (Å²) in [5, 5.41) is 0.992. The Balaban J connectivity index is 1.55. The Morgan fingerprint density at radius 3 is 2.56 bits per heavy atom. The number of pyridine rings is 1. The monoisotopic (exact) mass is 535 g/mol. The molecule has 1 saturated carbocycles. The third-order valence-electron chi connectivity index (χ3n) is 7.39. The van der Waals surface area contributed by atoms with Crippen LogP contribution in [-0.2, 0) is 21.5 Å². The Morgan fingerprint density at radius 2 is 1.92 bits per heavy atom. The molecule has 2 aliphatic rings. The Hall–Kier alpha value is -1.95. The van der Waals surface area contributed by atoms with E-state index in [0.717, 1.165) is 55.1 Å². The number of nitrogens with zero attached hydrogens (tertiary/aromatic N) is 4. The lowest BCUT2D eigenvalue weighted by atomic mass is 9.85. The molecule has 1 N–H and O–H groups in total. The summed E-state index contributed by atoms with van der Waals surface area (Å²) in [4.78, 5) is 22.2. The first kappa shape index (κ1) is 27.1. The van der Waals surface area contributed by atoms with Gasteiger partial charge in [-0.05, 0) is 50.6 Å². The summed E-state index contributed by atoms with van der Waals surface area (Å²) < 4.78 is 33.7. The van der Waals surface area contributed by atoms with E-state index in [9.17, 15) is 13.2 Å². The van der Waals surface area contributed by atoms with Gasteiger partial charge in [0.2, 0.25) is 10.0 Å². The van der Waals surface area contributed by atoms with Crippen LogP contribution in [0, 0.1) is 5.92 Å². The van der Waals surface area contributed by atoms with Crippen LogP contribution in [0.2, 0.25) is 25.7 Å². The zero-order chi connectivity index (χ0) is 26.1. The van der Waals surface area contributed by atoms with Gasteiger partial charge in [0.15, 0.2) is 0 Å². The number of hydrogen-bond acceptors (Lipinski definition) is 6. The molecule has 4 rings (SSSR count). The third-order valence-corrected chi connectivity index (χ3v) is 9.78. The number of rotatable bonds is 10. The molecular formula is C25H41N5O4SSi. The van der Waals surface area contributed by atoms with Crippen LogP contribution < -0.4 is 9.62 Å². The molecule has 0 atom stereocenters. The summed E-state index contributed by atoms with van der Waals surface area (Å²) in [6.07, 6.45) is 8.79. The molecule has 1 aliphatic carbocycles. The van der Waals surface area contributed by atoms with Crippen LogP contribution in [0.15, 0.2) is 18.5 Å². The van der Waals surface area contributed by atoms with E-state index in [4.69, 9.17) is 9.72 Å². The molecule has 2 aromatic rings. The molecule has 0 radical (unpaired) electrons. The van der Waals surface area contributed by atoms with Crippen molar-refractivity contribution in [3.8, 4) is 0 Å². The Morgan fingerprint density at radius 1 is 1.19 bits per heavy atom. The van der Waals surface area contributed by atoms with Crippen molar-refractivity contribution in [3.63, 3.8) is 0 Å².